The Kier molecular flexibility index (Phi) is 3.52. The fourth-order valence-electron chi connectivity index (χ4n) is 2.03. The first kappa shape index (κ1) is 13.2. The Hall–Kier alpha value is -1.23. The molecule has 2 nitrogen and oxygen atoms in total. The lowest BCUT2D eigenvalue weighted by molar-refractivity contribution is -0.0885. The molecule has 1 heterocycles. The highest BCUT2D eigenvalue weighted by Gasteiger charge is 2.39. The van der Waals surface area contributed by atoms with Crippen LogP contribution >= 0.6 is 11.6 Å². The summed E-state index contributed by atoms with van der Waals surface area (Å²) in [6.45, 7) is 1.56. The molecule has 1 fully saturated rings. The second-order valence-corrected chi connectivity index (χ2v) is 4.66. The minimum absolute atomic E-state index is 0.145. The molecule has 0 spiro atoms. The van der Waals surface area contributed by atoms with Crippen LogP contribution in [0.3, 0.4) is 0 Å². The van der Waals surface area contributed by atoms with Crippen LogP contribution in [0.15, 0.2) is 18.2 Å². The second kappa shape index (κ2) is 4.80. The molecule has 0 N–H and O–H groups in total. The van der Waals surface area contributed by atoms with Gasteiger partial charge in [0.25, 0.3) is 5.78 Å². The van der Waals surface area contributed by atoms with E-state index in [1.807, 2.05) is 4.90 Å². The summed E-state index contributed by atoms with van der Waals surface area (Å²) in [5.41, 5.74) is 0.171. The molecule has 0 saturated carbocycles. The minimum Gasteiger partial charge on any atom is -0.371 e. The Morgan fingerprint density at radius 1 is 1.17 bits per heavy atom. The van der Waals surface area contributed by atoms with Crippen LogP contribution in [-0.2, 0) is 0 Å². The van der Waals surface area contributed by atoms with E-state index < -0.39 is 17.5 Å². The number of ketones is 1. The SMILES string of the molecule is O=C(c1cc(Cl)cc(N2CCCC2)c1)C(F)(F)F. The summed E-state index contributed by atoms with van der Waals surface area (Å²) in [5.74, 6) is -1.86. The van der Waals surface area contributed by atoms with Gasteiger partial charge in [-0.1, -0.05) is 11.6 Å². The maximum atomic E-state index is 12.4. The molecule has 1 saturated heterocycles. The van der Waals surface area contributed by atoms with E-state index in [-0.39, 0.29) is 5.02 Å². The molecular weight excluding hydrogens is 267 g/mol. The molecule has 1 aromatic rings. The molecule has 1 aliphatic heterocycles. The summed E-state index contributed by atoms with van der Waals surface area (Å²) in [6, 6.07) is 3.89. The van der Waals surface area contributed by atoms with Crippen molar-refractivity contribution in [2.45, 2.75) is 19.0 Å². The van der Waals surface area contributed by atoms with Gasteiger partial charge in [0.1, 0.15) is 0 Å². The normalized spacial score (nSPS) is 16.1. The molecule has 18 heavy (non-hydrogen) atoms. The summed E-state index contributed by atoms with van der Waals surface area (Å²) in [5, 5.41) is 0.145. The fourth-order valence-corrected chi connectivity index (χ4v) is 2.26. The average Bonchev–Trinajstić information content (AvgIpc) is 2.79. The lowest BCUT2D eigenvalue weighted by Crippen LogP contribution is -2.24. The van der Waals surface area contributed by atoms with Crippen LogP contribution in [0.25, 0.3) is 0 Å². The van der Waals surface area contributed by atoms with Gasteiger partial charge in [-0.05, 0) is 31.0 Å². The van der Waals surface area contributed by atoms with Crippen molar-refractivity contribution in [2.24, 2.45) is 0 Å². The largest absolute Gasteiger partial charge is 0.454 e. The van der Waals surface area contributed by atoms with Gasteiger partial charge < -0.3 is 4.90 Å². The zero-order valence-corrected chi connectivity index (χ0v) is 10.2. The number of carbonyl (C=O) groups excluding carboxylic acids is 1. The summed E-state index contributed by atoms with van der Waals surface area (Å²) < 4.78 is 37.1. The van der Waals surface area contributed by atoms with Gasteiger partial charge in [-0.15, -0.1) is 0 Å². The standard InChI is InChI=1S/C12H11ClF3NO/c13-9-5-8(11(18)12(14,15)16)6-10(7-9)17-3-1-2-4-17/h5-7H,1-4H2. The van der Waals surface area contributed by atoms with Crippen molar-refractivity contribution in [2.75, 3.05) is 18.0 Å². The molecule has 6 heteroatoms. The molecular formula is C12H11ClF3NO. The van der Waals surface area contributed by atoms with Crippen molar-refractivity contribution in [3.8, 4) is 0 Å². The highest BCUT2D eigenvalue weighted by Crippen LogP contribution is 2.29. The predicted molar refractivity (Wildman–Crippen MR) is 63.3 cm³/mol. The van der Waals surface area contributed by atoms with Crippen LogP contribution in [0.4, 0.5) is 18.9 Å². The maximum Gasteiger partial charge on any atom is 0.454 e. The minimum atomic E-state index is -4.87. The van der Waals surface area contributed by atoms with Gasteiger partial charge in [-0.3, -0.25) is 4.79 Å². The molecule has 0 amide bonds. The summed E-state index contributed by atoms with van der Waals surface area (Å²) in [6.07, 6.45) is -2.88. The van der Waals surface area contributed by atoms with E-state index >= 15 is 0 Å². The Morgan fingerprint density at radius 3 is 2.33 bits per heavy atom. The third kappa shape index (κ3) is 2.77. The number of carbonyl (C=O) groups is 1. The van der Waals surface area contributed by atoms with Gasteiger partial charge in [0, 0.05) is 29.4 Å². The highest BCUT2D eigenvalue weighted by atomic mass is 35.5. The number of nitrogens with zero attached hydrogens (tertiary/aromatic N) is 1. The van der Waals surface area contributed by atoms with Crippen LogP contribution in [0.1, 0.15) is 23.2 Å². The zero-order valence-electron chi connectivity index (χ0n) is 9.43. The molecule has 98 valence electrons. The van der Waals surface area contributed by atoms with E-state index in [2.05, 4.69) is 0 Å². The molecule has 1 aliphatic rings. The Balaban J connectivity index is 2.34. The van der Waals surface area contributed by atoms with Crippen molar-refractivity contribution in [3.05, 3.63) is 28.8 Å². The first-order valence-corrected chi connectivity index (χ1v) is 5.93. The van der Waals surface area contributed by atoms with Crippen molar-refractivity contribution in [1.29, 1.82) is 0 Å². The number of hydrogen-bond acceptors (Lipinski definition) is 2. The van der Waals surface area contributed by atoms with Crippen LogP contribution in [0, 0.1) is 0 Å². The third-order valence-corrected chi connectivity index (χ3v) is 3.09. The summed E-state index contributed by atoms with van der Waals surface area (Å²) in [7, 11) is 0. The molecule has 2 rings (SSSR count). The number of Topliss-reactive ketones (excluding diaryl/α,β-unsaturated/α-hetero) is 1. The van der Waals surface area contributed by atoms with E-state index in [0.29, 0.717) is 5.69 Å². The van der Waals surface area contributed by atoms with Gasteiger partial charge in [-0.25, -0.2) is 0 Å². The van der Waals surface area contributed by atoms with E-state index in [1.165, 1.54) is 6.07 Å². The lowest BCUT2D eigenvalue weighted by atomic mass is 10.1. The molecule has 1 aromatic carbocycles. The van der Waals surface area contributed by atoms with E-state index in [0.717, 1.165) is 32.0 Å². The highest BCUT2D eigenvalue weighted by molar-refractivity contribution is 6.31. The van der Waals surface area contributed by atoms with Crippen molar-refractivity contribution < 1.29 is 18.0 Å². The molecule has 0 atom stereocenters. The fraction of sp³-hybridized carbons (Fsp3) is 0.417. The van der Waals surface area contributed by atoms with E-state index in [9.17, 15) is 18.0 Å². The Labute approximate surface area is 107 Å². The summed E-state index contributed by atoms with van der Waals surface area (Å²) in [4.78, 5) is 13.1. The van der Waals surface area contributed by atoms with E-state index in [4.69, 9.17) is 11.6 Å². The Bertz CT molecular complexity index is 467. The molecule has 0 bridgehead atoms. The number of alkyl halides is 3. The molecule has 0 aliphatic carbocycles. The van der Waals surface area contributed by atoms with Gasteiger partial charge in [0.2, 0.25) is 0 Å². The third-order valence-electron chi connectivity index (χ3n) is 2.87. The number of halogens is 4. The van der Waals surface area contributed by atoms with Crippen LogP contribution in [0.2, 0.25) is 5.02 Å². The number of anilines is 1. The second-order valence-electron chi connectivity index (χ2n) is 4.22. The number of benzene rings is 1. The van der Waals surface area contributed by atoms with Crippen LogP contribution < -0.4 is 4.90 Å². The monoisotopic (exact) mass is 277 g/mol. The number of hydrogen-bond donors (Lipinski definition) is 0. The predicted octanol–water partition coefficient (Wildman–Crippen LogP) is 3.69. The van der Waals surface area contributed by atoms with Gasteiger partial charge in [0.15, 0.2) is 0 Å². The first-order valence-electron chi connectivity index (χ1n) is 5.55. The van der Waals surface area contributed by atoms with E-state index in [1.54, 1.807) is 6.07 Å². The quantitative estimate of drug-likeness (QED) is 0.769. The zero-order chi connectivity index (χ0) is 13.3. The smallest absolute Gasteiger partial charge is 0.371 e. The van der Waals surface area contributed by atoms with Crippen LogP contribution in [-0.4, -0.2) is 25.0 Å². The van der Waals surface area contributed by atoms with Crippen molar-refractivity contribution >= 4 is 23.1 Å². The lowest BCUT2D eigenvalue weighted by Gasteiger charge is -2.19. The molecule has 0 unspecified atom stereocenters. The average molecular weight is 278 g/mol. The van der Waals surface area contributed by atoms with Gasteiger partial charge in [0.05, 0.1) is 0 Å². The molecule has 0 radical (unpaired) electrons. The van der Waals surface area contributed by atoms with Gasteiger partial charge >= 0.3 is 6.18 Å². The first-order chi connectivity index (χ1) is 8.38. The van der Waals surface area contributed by atoms with Crippen molar-refractivity contribution in [3.63, 3.8) is 0 Å². The molecule has 0 aromatic heterocycles. The topological polar surface area (TPSA) is 20.3 Å². The maximum absolute atomic E-state index is 12.4. The Morgan fingerprint density at radius 2 is 1.78 bits per heavy atom. The van der Waals surface area contributed by atoms with Crippen LogP contribution in [0.5, 0.6) is 0 Å². The van der Waals surface area contributed by atoms with Gasteiger partial charge in [-0.2, -0.15) is 13.2 Å². The number of rotatable bonds is 2. The summed E-state index contributed by atoms with van der Waals surface area (Å²) >= 11 is 5.78. The van der Waals surface area contributed by atoms with Crippen molar-refractivity contribution in [1.82, 2.24) is 0 Å².